The van der Waals surface area contributed by atoms with E-state index in [1.54, 1.807) is 0 Å². The van der Waals surface area contributed by atoms with E-state index in [4.69, 9.17) is 0 Å². The summed E-state index contributed by atoms with van der Waals surface area (Å²) in [6, 6.07) is 0. The maximum atomic E-state index is 12.1. The predicted molar refractivity (Wildman–Crippen MR) is 72.8 cm³/mol. The zero-order valence-electron chi connectivity index (χ0n) is 11.9. The monoisotopic (exact) mass is 268 g/mol. The van der Waals surface area contributed by atoms with Gasteiger partial charge in [-0.1, -0.05) is 26.7 Å². The van der Waals surface area contributed by atoms with Gasteiger partial charge in [0.25, 0.3) is 0 Å². The lowest BCUT2D eigenvalue weighted by molar-refractivity contribution is -0.141. The fourth-order valence-corrected chi connectivity index (χ4v) is 2.22. The number of Topliss-reactive ketones (excluding diaryl/α,β-unsaturated/α-hetero) is 2. The summed E-state index contributed by atoms with van der Waals surface area (Å²) < 4.78 is 0. The fourth-order valence-electron chi connectivity index (χ4n) is 2.22. The predicted octanol–water partition coefficient (Wildman–Crippen LogP) is 2.53. The molecule has 0 radical (unpaired) electrons. The van der Waals surface area contributed by atoms with Gasteiger partial charge in [-0.25, -0.2) is 0 Å². The second-order valence-corrected chi connectivity index (χ2v) is 4.83. The lowest BCUT2D eigenvalue weighted by Crippen LogP contribution is -2.30. The quantitative estimate of drug-likeness (QED) is 0.310. The zero-order chi connectivity index (χ0) is 14.7. The molecule has 0 fully saturated rings. The molecule has 0 spiro atoms. The molecule has 0 aromatic heterocycles. The number of rotatable bonds is 12. The Morgan fingerprint density at radius 2 is 1.68 bits per heavy atom. The van der Waals surface area contributed by atoms with Crippen LogP contribution in [0, 0.1) is 11.8 Å². The van der Waals surface area contributed by atoms with Crippen molar-refractivity contribution in [3.8, 4) is 0 Å². The van der Waals surface area contributed by atoms with E-state index in [-0.39, 0.29) is 12.3 Å². The molecule has 108 valence electrons. The molecular formula is C15H24O4. The molecule has 0 amide bonds. The molecule has 0 N–H and O–H groups in total. The Hall–Kier alpha value is -1.32. The highest BCUT2D eigenvalue weighted by molar-refractivity contribution is 6.38. The Morgan fingerprint density at radius 3 is 2.16 bits per heavy atom. The number of unbranched alkanes of at least 4 members (excludes halogenated alkanes) is 1. The number of aldehydes is 2. The molecule has 0 aromatic carbocycles. The van der Waals surface area contributed by atoms with Crippen molar-refractivity contribution in [2.45, 2.75) is 58.8 Å². The maximum Gasteiger partial charge on any atom is 0.202 e. The van der Waals surface area contributed by atoms with Crippen LogP contribution in [-0.2, 0) is 19.2 Å². The Labute approximate surface area is 114 Å². The van der Waals surface area contributed by atoms with Gasteiger partial charge in [-0.05, 0) is 19.3 Å². The van der Waals surface area contributed by atoms with Gasteiger partial charge in [0.1, 0.15) is 12.6 Å². The van der Waals surface area contributed by atoms with Crippen molar-refractivity contribution in [3.05, 3.63) is 0 Å². The van der Waals surface area contributed by atoms with E-state index in [0.717, 1.165) is 25.4 Å². The largest absolute Gasteiger partial charge is 0.303 e. The Bertz CT molecular complexity index is 309. The number of carbonyl (C=O) groups is 4. The first-order chi connectivity index (χ1) is 9.12. The molecule has 0 bridgehead atoms. The molecular weight excluding hydrogens is 244 g/mol. The van der Waals surface area contributed by atoms with E-state index >= 15 is 0 Å². The van der Waals surface area contributed by atoms with E-state index in [0.29, 0.717) is 25.7 Å². The van der Waals surface area contributed by atoms with Crippen LogP contribution in [-0.4, -0.2) is 24.1 Å². The molecule has 0 aliphatic carbocycles. The second kappa shape index (κ2) is 10.6. The van der Waals surface area contributed by atoms with E-state index in [9.17, 15) is 19.2 Å². The van der Waals surface area contributed by atoms with Crippen molar-refractivity contribution in [2.24, 2.45) is 11.8 Å². The highest BCUT2D eigenvalue weighted by atomic mass is 16.2. The Kier molecular flexibility index (Phi) is 9.85. The van der Waals surface area contributed by atoms with Gasteiger partial charge in [-0.2, -0.15) is 0 Å². The summed E-state index contributed by atoms with van der Waals surface area (Å²) in [6.45, 7) is 3.89. The zero-order valence-corrected chi connectivity index (χ0v) is 11.9. The van der Waals surface area contributed by atoms with Crippen LogP contribution in [0.3, 0.4) is 0 Å². The highest BCUT2D eigenvalue weighted by Crippen LogP contribution is 2.23. The average molecular weight is 268 g/mol. The summed E-state index contributed by atoms with van der Waals surface area (Å²) >= 11 is 0. The first kappa shape index (κ1) is 17.7. The molecule has 0 saturated carbocycles. The van der Waals surface area contributed by atoms with Crippen molar-refractivity contribution in [2.75, 3.05) is 0 Å². The van der Waals surface area contributed by atoms with Gasteiger partial charge >= 0.3 is 0 Å². The molecule has 0 aliphatic rings. The maximum absolute atomic E-state index is 12.1. The number of ketones is 2. The summed E-state index contributed by atoms with van der Waals surface area (Å²) in [7, 11) is 0. The molecule has 4 heteroatoms. The van der Waals surface area contributed by atoms with Crippen LogP contribution in [0.4, 0.5) is 0 Å². The Balaban J connectivity index is 4.65. The fraction of sp³-hybridized carbons (Fsp3) is 0.733. The molecule has 0 heterocycles. The van der Waals surface area contributed by atoms with Gasteiger partial charge in [-0.15, -0.1) is 0 Å². The van der Waals surface area contributed by atoms with Crippen molar-refractivity contribution in [1.82, 2.24) is 0 Å². The van der Waals surface area contributed by atoms with Crippen molar-refractivity contribution in [3.63, 3.8) is 0 Å². The minimum absolute atomic E-state index is 0.107. The van der Waals surface area contributed by atoms with E-state index < -0.39 is 17.5 Å². The molecule has 0 aromatic rings. The van der Waals surface area contributed by atoms with Gasteiger partial charge in [0, 0.05) is 24.7 Å². The summed E-state index contributed by atoms with van der Waals surface area (Å²) in [4.78, 5) is 45.2. The van der Waals surface area contributed by atoms with Crippen LogP contribution < -0.4 is 0 Å². The average Bonchev–Trinajstić information content (AvgIpc) is 2.42. The summed E-state index contributed by atoms with van der Waals surface area (Å²) in [5.41, 5.74) is 0. The van der Waals surface area contributed by atoms with Gasteiger partial charge in [-0.3, -0.25) is 9.59 Å². The van der Waals surface area contributed by atoms with E-state index in [2.05, 4.69) is 0 Å². The molecule has 2 unspecified atom stereocenters. The minimum atomic E-state index is -0.480. The van der Waals surface area contributed by atoms with Crippen LogP contribution in [0.15, 0.2) is 0 Å². The van der Waals surface area contributed by atoms with Gasteiger partial charge in [0.15, 0.2) is 5.78 Å². The Morgan fingerprint density at radius 1 is 1.05 bits per heavy atom. The smallest absolute Gasteiger partial charge is 0.202 e. The van der Waals surface area contributed by atoms with Crippen LogP contribution in [0.2, 0.25) is 0 Å². The standard InChI is InChI=1S/C15H24O4/c1-3-7-12(11-17)13(8-4-2)15(19)14(18)9-5-6-10-16/h10-13H,3-9H2,1-2H3. The minimum Gasteiger partial charge on any atom is -0.303 e. The van der Waals surface area contributed by atoms with Crippen LogP contribution in [0.1, 0.15) is 58.8 Å². The first-order valence-corrected chi connectivity index (χ1v) is 7.08. The molecule has 19 heavy (non-hydrogen) atoms. The molecule has 2 atom stereocenters. The molecule has 0 aliphatic heterocycles. The SMILES string of the molecule is CCCC(C=O)C(CCC)C(=O)C(=O)CCCC=O. The number of hydrogen-bond acceptors (Lipinski definition) is 4. The van der Waals surface area contributed by atoms with Gasteiger partial charge in [0.05, 0.1) is 0 Å². The summed E-state index contributed by atoms with van der Waals surface area (Å²) in [5, 5.41) is 0. The summed E-state index contributed by atoms with van der Waals surface area (Å²) in [6.07, 6.45) is 5.16. The van der Waals surface area contributed by atoms with Crippen LogP contribution in [0.25, 0.3) is 0 Å². The number of carbonyl (C=O) groups excluding carboxylic acids is 4. The molecule has 0 rings (SSSR count). The van der Waals surface area contributed by atoms with Gasteiger partial charge < -0.3 is 9.59 Å². The third-order valence-electron chi connectivity index (χ3n) is 3.25. The third kappa shape index (κ3) is 6.41. The van der Waals surface area contributed by atoms with E-state index in [1.807, 2.05) is 13.8 Å². The topological polar surface area (TPSA) is 68.3 Å². The lowest BCUT2D eigenvalue weighted by atomic mass is 9.81. The van der Waals surface area contributed by atoms with Crippen LogP contribution >= 0.6 is 0 Å². The normalized spacial score (nSPS) is 13.6. The second-order valence-electron chi connectivity index (χ2n) is 4.83. The van der Waals surface area contributed by atoms with E-state index in [1.165, 1.54) is 0 Å². The third-order valence-corrected chi connectivity index (χ3v) is 3.25. The lowest BCUT2D eigenvalue weighted by Gasteiger charge is -2.20. The number of hydrogen-bond donors (Lipinski definition) is 0. The molecule has 0 saturated heterocycles. The van der Waals surface area contributed by atoms with Crippen molar-refractivity contribution < 1.29 is 19.2 Å². The summed E-state index contributed by atoms with van der Waals surface area (Å²) in [5.74, 6) is -1.71. The first-order valence-electron chi connectivity index (χ1n) is 7.08. The van der Waals surface area contributed by atoms with Crippen molar-refractivity contribution >= 4 is 24.1 Å². The van der Waals surface area contributed by atoms with Gasteiger partial charge in [0.2, 0.25) is 5.78 Å². The van der Waals surface area contributed by atoms with Crippen molar-refractivity contribution in [1.29, 1.82) is 0 Å². The highest BCUT2D eigenvalue weighted by Gasteiger charge is 2.30. The molecule has 4 nitrogen and oxygen atoms in total. The van der Waals surface area contributed by atoms with Crippen LogP contribution in [0.5, 0.6) is 0 Å².